The highest BCUT2D eigenvalue weighted by atomic mass is 35.5. The fourth-order valence-electron chi connectivity index (χ4n) is 2.89. The highest BCUT2D eigenvalue weighted by molar-refractivity contribution is 7.92. The van der Waals surface area contributed by atoms with Gasteiger partial charge in [0.05, 0.1) is 21.2 Å². The first-order valence-corrected chi connectivity index (χ1v) is 9.94. The van der Waals surface area contributed by atoms with Crippen LogP contribution in [0, 0.1) is 6.92 Å². The van der Waals surface area contributed by atoms with Crippen molar-refractivity contribution in [2.75, 3.05) is 4.72 Å². The summed E-state index contributed by atoms with van der Waals surface area (Å²) < 4.78 is 33.3. The van der Waals surface area contributed by atoms with Crippen LogP contribution < -0.4 is 4.72 Å². The number of aryl methyl sites for hydroxylation is 2. The number of furan rings is 1. The molecular weight excluding hydrogens is 374 g/mol. The summed E-state index contributed by atoms with van der Waals surface area (Å²) in [4.78, 5) is 12.0. The molecule has 0 fully saturated rings. The van der Waals surface area contributed by atoms with E-state index >= 15 is 0 Å². The van der Waals surface area contributed by atoms with E-state index in [0.717, 1.165) is 12.0 Å². The highest BCUT2D eigenvalue weighted by Crippen LogP contribution is 2.35. The van der Waals surface area contributed by atoms with Gasteiger partial charge in [-0.25, -0.2) is 8.42 Å². The van der Waals surface area contributed by atoms with E-state index in [0.29, 0.717) is 22.3 Å². The summed E-state index contributed by atoms with van der Waals surface area (Å²) in [5.74, 6) is 0.275. The van der Waals surface area contributed by atoms with Gasteiger partial charge in [-0.15, -0.1) is 0 Å². The minimum atomic E-state index is -3.77. The van der Waals surface area contributed by atoms with Gasteiger partial charge in [0.25, 0.3) is 10.0 Å². The molecule has 0 saturated heterocycles. The summed E-state index contributed by atoms with van der Waals surface area (Å²) >= 11 is 6.23. The largest absolute Gasteiger partial charge is 0.459 e. The lowest BCUT2D eigenvalue weighted by Crippen LogP contribution is -2.13. The molecule has 1 aromatic heterocycles. The maximum atomic E-state index is 12.6. The van der Waals surface area contributed by atoms with E-state index in [4.69, 9.17) is 16.0 Å². The van der Waals surface area contributed by atoms with Crippen molar-refractivity contribution >= 4 is 44.1 Å². The van der Waals surface area contributed by atoms with Crippen LogP contribution in [-0.2, 0) is 16.4 Å². The first-order chi connectivity index (χ1) is 12.2. The van der Waals surface area contributed by atoms with E-state index in [1.165, 1.54) is 13.0 Å². The van der Waals surface area contributed by atoms with Gasteiger partial charge in [-0.1, -0.05) is 30.7 Å². The maximum absolute atomic E-state index is 12.6. The van der Waals surface area contributed by atoms with Crippen LogP contribution in [-0.4, -0.2) is 14.2 Å². The van der Waals surface area contributed by atoms with Crippen LogP contribution in [0.25, 0.3) is 11.0 Å². The number of ketones is 1. The average molecular weight is 392 g/mol. The maximum Gasteiger partial charge on any atom is 0.261 e. The standard InChI is InChI=1S/C19H18ClNO4S/c1-4-13-5-7-15(8-6-13)26(23,24)21-14-9-16-18(11(2)22)12(3)25-19(16)17(20)10-14/h5-10,21H,4H2,1-3H3. The Bertz CT molecular complexity index is 1100. The third-order valence-electron chi connectivity index (χ3n) is 4.17. The summed E-state index contributed by atoms with van der Waals surface area (Å²) in [6, 6.07) is 9.70. The quantitative estimate of drug-likeness (QED) is 0.623. The van der Waals surface area contributed by atoms with E-state index in [2.05, 4.69) is 4.72 Å². The zero-order valence-corrected chi connectivity index (χ0v) is 16.2. The third-order valence-corrected chi connectivity index (χ3v) is 5.84. The van der Waals surface area contributed by atoms with Crippen LogP contribution >= 0.6 is 11.6 Å². The second-order valence-electron chi connectivity index (χ2n) is 6.03. The van der Waals surface area contributed by atoms with Gasteiger partial charge >= 0.3 is 0 Å². The molecule has 26 heavy (non-hydrogen) atoms. The van der Waals surface area contributed by atoms with Crippen molar-refractivity contribution in [2.24, 2.45) is 0 Å². The lowest BCUT2D eigenvalue weighted by atomic mass is 10.1. The fraction of sp³-hybridized carbons (Fsp3) is 0.211. The Morgan fingerprint density at radius 1 is 1.19 bits per heavy atom. The molecule has 3 rings (SSSR count). The van der Waals surface area contributed by atoms with E-state index in [1.54, 1.807) is 37.3 Å². The predicted octanol–water partition coefficient (Wildman–Crippen LogP) is 4.96. The van der Waals surface area contributed by atoms with Gasteiger partial charge in [0.2, 0.25) is 0 Å². The van der Waals surface area contributed by atoms with Crippen LogP contribution in [0.4, 0.5) is 5.69 Å². The SMILES string of the molecule is CCc1ccc(S(=O)(=O)Nc2cc(Cl)c3oc(C)c(C(C)=O)c3c2)cc1. The Kier molecular flexibility index (Phi) is 4.82. The highest BCUT2D eigenvalue weighted by Gasteiger charge is 2.20. The molecule has 0 aliphatic heterocycles. The molecule has 5 nitrogen and oxygen atoms in total. The van der Waals surface area contributed by atoms with Crippen LogP contribution in [0.5, 0.6) is 0 Å². The molecule has 7 heteroatoms. The van der Waals surface area contributed by atoms with Crippen molar-refractivity contribution < 1.29 is 17.6 Å². The molecule has 136 valence electrons. The van der Waals surface area contributed by atoms with Crippen LogP contribution in [0.1, 0.15) is 35.5 Å². The minimum absolute atomic E-state index is 0.154. The minimum Gasteiger partial charge on any atom is -0.459 e. The van der Waals surface area contributed by atoms with Gasteiger partial charge in [0.1, 0.15) is 5.76 Å². The third kappa shape index (κ3) is 3.34. The van der Waals surface area contributed by atoms with Crippen molar-refractivity contribution in [1.82, 2.24) is 0 Å². The number of Topliss-reactive ketones (excluding diaryl/α,β-unsaturated/α-hetero) is 1. The second-order valence-corrected chi connectivity index (χ2v) is 8.12. The molecule has 3 aromatic rings. The number of carbonyl (C=O) groups excluding carboxylic acids is 1. The molecule has 0 atom stereocenters. The Hall–Kier alpha value is -2.31. The smallest absolute Gasteiger partial charge is 0.261 e. The molecule has 2 aromatic carbocycles. The molecule has 1 heterocycles. The second kappa shape index (κ2) is 6.78. The number of benzene rings is 2. The van der Waals surface area contributed by atoms with Crippen molar-refractivity contribution in [3.05, 3.63) is 58.3 Å². The molecule has 0 saturated carbocycles. The zero-order chi connectivity index (χ0) is 19.1. The van der Waals surface area contributed by atoms with Crippen molar-refractivity contribution in [3.63, 3.8) is 0 Å². The van der Waals surface area contributed by atoms with Crippen LogP contribution in [0.2, 0.25) is 5.02 Å². The number of anilines is 1. The van der Waals surface area contributed by atoms with Gasteiger partial charge < -0.3 is 4.42 Å². The number of hydrogen-bond acceptors (Lipinski definition) is 4. The van der Waals surface area contributed by atoms with E-state index in [1.807, 2.05) is 6.92 Å². The van der Waals surface area contributed by atoms with E-state index < -0.39 is 10.0 Å². The molecular formula is C19H18ClNO4S. The van der Waals surface area contributed by atoms with Gasteiger partial charge in [-0.3, -0.25) is 9.52 Å². The number of rotatable bonds is 5. The number of carbonyl (C=O) groups is 1. The molecule has 0 aliphatic carbocycles. The van der Waals surface area contributed by atoms with Gasteiger partial charge in [0, 0.05) is 5.39 Å². The van der Waals surface area contributed by atoms with Crippen LogP contribution in [0.3, 0.4) is 0 Å². The summed E-state index contributed by atoms with van der Waals surface area (Å²) in [5.41, 5.74) is 2.08. The topological polar surface area (TPSA) is 76.4 Å². The van der Waals surface area contributed by atoms with Gasteiger partial charge in [-0.2, -0.15) is 0 Å². The zero-order valence-electron chi connectivity index (χ0n) is 14.6. The molecule has 0 amide bonds. The molecule has 0 radical (unpaired) electrons. The summed E-state index contributed by atoms with van der Waals surface area (Å²) in [6.45, 7) is 5.10. The molecule has 0 aliphatic rings. The number of fused-ring (bicyclic) bond motifs is 1. The monoisotopic (exact) mass is 391 g/mol. The number of nitrogens with one attached hydrogen (secondary N) is 1. The van der Waals surface area contributed by atoms with Gasteiger partial charge in [-0.05, 0) is 50.1 Å². The van der Waals surface area contributed by atoms with Crippen molar-refractivity contribution in [1.29, 1.82) is 0 Å². The Morgan fingerprint density at radius 3 is 2.42 bits per heavy atom. The Balaban J connectivity index is 2.05. The molecule has 0 unspecified atom stereocenters. The fourth-order valence-corrected chi connectivity index (χ4v) is 4.19. The van der Waals surface area contributed by atoms with Crippen molar-refractivity contribution in [3.8, 4) is 0 Å². The first kappa shape index (κ1) is 18.5. The first-order valence-electron chi connectivity index (χ1n) is 8.08. The van der Waals surface area contributed by atoms with Gasteiger partial charge in [0.15, 0.2) is 11.4 Å². The number of halogens is 1. The molecule has 0 spiro atoms. The average Bonchev–Trinajstić information content (AvgIpc) is 2.91. The van der Waals surface area contributed by atoms with E-state index in [-0.39, 0.29) is 21.4 Å². The predicted molar refractivity (Wildman–Crippen MR) is 103 cm³/mol. The molecule has 0 bridgehead atoms. The summed E-state index contributed by atoms with van der Waals surface area (Å²) in [6.07, 6.45) is 0.827. The van der Waals surface area contributed by atoms with Crippen molar-refractivity contribution in [2.45, 2.75) is 32.1 Å². The lowest BCUT2D eigenvalue weighted by Gasteiger charge is -2.09. The Labute approximate surface area is 157 Å². The lowest BCUT2D eigenvalue weighted by molar-refractivity contribution is 0.101. The van der Waals surface area contributed by atoms with Crippen LogP contribution in [0.15, 0.2) is 45.7 Å². The number of hydrogen-bond donors (Lipinski definition) is 1. The van der Waals surface area contributed by atoms with E-state index in [9.17, 15) is 13.2 Å². The Morgan fingerprint density at radius 2 is 1.85 bits per heavy atom. The number of sulfonamides is 1. The summed E-state index contributed by atoms with van der Waals surface area (Å²) in [7, 11) is -3.77. The molecule has 1 N–H and O–H groups in total. The normalized spacial score (nSPS) is 11.7. The summed E-state index contributed by atoms with van der Waals surface area (Å²) in [5, 5.41) is 0.721.